The van der Waals surface area contributed by atoms with Gasteiger partial charge in [0.15, 0.2) is 12.6 Å². The molecule has 6 heteroatoms. The first-order valence-electron chi connectivity index (χ1n) is 8.35. The van der Waals surface area contributed by atoms with Gasteiger partial charge in [0.05, 0.1) is 6.54 Å². The molecule has 1 amide bonds. The van der Waals surface area contributed by atoms with Crippen molar-refractivity contribution in [1.29, 1.82) is 0 Å². The van der Waals surface area contributed by atoms with Crippen molar-refractivity contribution >= 4 is 11.9 Å². The molecule has 1 aliphatic carbocycles. The topological polar surface area (TPSA) is 74.8 Å². The van der Waals surface area contributed by atoms with Crippen molar-refractivity contribution in [3.8, 4) is 5.75 Å². The van der Waals surface area contributed by atoms with Crippen LogP contribution >= 0.6 is 0 Å². The van der Waals surface area contributed by atoms with Gasteiger partial charge < -0.3 is 20.7 Å². The Bertz CT molecular complexity index is 582. The fourth-order valence-electron chi connectivity index (χ4n) is 2.06. The number of hydrogen-bond acceptors (Lipinski definition) is 3. The van der Waals surface area contributed by atoms with Gasteiger partial charge in [-0.1, -0.05) is 18.2 Å². The van der Waals surface area contributed by atoms with Crippen molar-refractivity contribution in [3.63, 3.8) is 0 Å². The molecule has 24 heavy (non-hydrogen) atoms. The van der Waals surface area contributed by atoms with Crippen LogP contribution in [-0.2, 0) is 11.3 Å². The van der Waals surface area contributed by atoms with E-state index in [4.69, 9.17) is 4.74 Å². The highest BCUT2D eigenvalue weighted by atomic mass is 16.5. The monoisotopic (exact) mass is 330 g/mol. The summed E-state index contributed by atoms with van der Waals surface area (Å²) in [7, 11) is 0. The van der Waals surface area contributed by atoms with E-state index in [1.807, 2.05) is 31.2 Å². The third kappa shape index (κ3) is 6.73. The number of rotatable bonds is 9. The summed E-state index contributed by atoms with van der Waals surface area (Å²) in [6.45, 7) is 7.73. The Morgan fingerprint density at radius 2 is 2.25 bits per heavy atom. The van der Waals surface area contributed by atoms with E-state index >= 15 is 0 Å². The Labute approximate surface area is 143 Å². The number of ether oxygens (including phenoxy) is 1. The number of amides is 1. The van der Waals surface area contributed by atoms with Crippen molar-refractivity contribution in [3.05, 3.63) is 42.5 Å². The van der Waals surface area contributed by atoms with Gasteiger partial charge in [-0.25, -0.2) is 4.99 Å². The largest absolute Gasteiger partial charge is 0.484 e. The summed E-state index contributed by atoms with van der Waals surface area (Å²) in [5, 5.41) is 9.23. The maximum atomic E-state index is 11.7. The molecule has 1 aromatic carbocycles. The molecule has 0 saturated heterocycles. The number of hydrogen-bond donors (Lipinski definition) is 3. The van der Waals surface area contributed by atoms with Gasteiger partial charge in [-0.3, -0.25) is 4.79 Å². The van der Waals surface area contributed by atoms with E-state index < -0.39 is 0 Å². The smallest absolute Gasteiger partial charge is 0.258 e. The third-order valence-electron chi connectivity index (χ3n) is 3.39. The second kappa shape index (κ2) is 9.60. The van der Waals surface area contributed by atoms with E-state index in [0.29, 0.717) is 24.9 Å². The summed E-state index contributed by atoms with van der Waals surface area (Å²) < 4.78 is 5.55. The summed E-state index contributed by atoms with van der Waals surface area (Å²) in [5.74, 6) is 1.36. The first-order valence-corrected chi connectivity index (χ1v) is 8.35. The molecule has 6 nitrogen and oxygen atoms in total. The summed E-state index contributed by atoms with van der Waals surface area (Å²) in [6, 6.07) is 8.00. The molecule has 0 aromatic heterocycles. The Kier molecular flexibility index (Phi) is 7.14. The van der Waals surface area contributed by atoms with Gasteiger partial charge in [0, 0.05) is 19.1 Å². The van der Waals surface area contributed by atoms with Crippen LogP contribution in [-0.4, -0.2) is 37.6 Å². The number of aliphatic imine (C=N–C) groups is 1. The lowest BCUT2D eigenvalue weighted by Gasteiger charge is -2.10. The zero-order chi connectivity index (χ0) is 17.2. The van der Waals surface area contributed by atoms with Crippen molar-refractivity contribution < 1.29 is 9.53 Å². The lowest BCUT2D eigenvalue weighted by atomic mass is 10.2. The van der Waals surface area contributed by atoms with E-state index in [1.54, 1.807) is 6.08 Å². The minimum absolute atomic E-state index is 0.0484. The molecule has 1 aromatic rings. The fourth-order valence-corrected chi connectivity index (χ4v) is 2.06. The van der Waals surface area contributed by atoms with Gasteiger partial charge in [-0.15, -0.1) is 6.58 Å². The summed E-state index contributed by atoms with van der Waals surface area (Å²) in [5.41, 5.74) is 1.02. The van der Waals surface area contributed by atoms with Crippen molar-refractivity contribution in [2.75, 3.05) is 19.7 Å². The van der Waals surface area contributed by atoms with Gasteiger partial charge in [0.1, 0.15) is 5.75 Å². The van der Waals surface area contributed by atoms with Gasteiger partial charge in [0.2, 0.25) is 0 Å². The van der Waals surface area contributed by atoms with E-state index in [-0.39, 0.29) is 12.5 Å². The quantitative estimate of drug-likeness (QED) is 0.365. The van der Waals surface area contributed by atoms with Crippen LogP contribution in [0.3, 0.4) is 0 Å². The molecule has 3 N–H and O–H groups in total. The third-order valence-corrected chi connectivity index (χ3v) is 3.39. The van der Waals surface area contributed by atoms with Crippen LogP contribution in [0.2, 0.25) is 0 Å². The van der Waals surface area contributed by atoms with Crippen LogP contribution in [0.1, 0.15) is 25.3 Å². The minimum atomic E-state index is -0.0658. The van der Waals surface area contributed by atoms with E-state index in [2.05, 4.69) is 27.5 Å². The Morgan fingerprint density at radius 1 is 1.42 bits per heavy atom. The maximum absolute atomic E-state index is 11.7. The molecule has 1 fully saturated rings. The maximum Gasteiger partial charge on any atom is 0.258 e. The van der Waals surface area contributed by atoms with Gasteiger partial charge in [-0.2, -0.15) is 0 Å². The molecule has 1 aliphatic rings. The Balaban J connectivity index is 1.85. The normalized spacial score (nSPS) is 14.0. The highest BCUT2D eigenvalue weighted by molar-refractivity contribution is 5.80. The molecular formula is C18H26N4O2. The van der Waals surface area contributed by atoms with Crippen molar-refractivity contribution in [2.45, 2.75) is 32.4 Å². The fraction of sp³-hybridized carbons (Fsp3) is 0.444. The lowest BCUT2D eigenvalue weighted by molar-refractivity contribution is -0.123. The number of benzene rings is 1. The van der Waals surface area contributed by atoms with Gasteiger partial charge in [-0.05, 0) is 37.5 Å². The lowest BCUT2D eigenvalue weighted by Crippen LogP contribution is -2.37. The van der Waals surface area contributed by atoms with Crippen LogP contribution in [0.25, 0.3) is 0 Å². The molecule has 0 aliphatic heterocycles. The summed E-state index contributed by atoms with van der Waals surface area (Å²) in [4.78, 5) is 16.2. The zero-order valence-corrected chi connectivity index (χ0v) is 14.2. The SMILES string of the molecule is C=CCNC(=NCc1cccc(OCC(=O)NC2CC2)c1)NCC. The van der Waals surface area contributed by atoms with E-state index in [0.717, 1.165) is 30.9 Å². The molecule has 2 rings (SSSR count). The number of carbonyl (C=O) groups is 1. The average Bonchev–Trinajstić information content (AvgIpc) is 3.40. The molecule has 0 radical (unpaired) electrons. The molecule has 130 valence electrons. The van der Waals surface area contributed by atoms with Crippen LogP contribution in [0.5, 0.6) is 5.75 Å². The first kappa shape index (κ1) is 17.8. The molecule has 0 bridgehead atoms. The molecule has 0 heterocycles. The summed E-state index contributed by atoms with van der Waals surface area (Å²) >= 11 is 0. The molecule has 0 atom stereocenters. The predicted octanol–water partition coefficient (Wildman–Crippen LogP) is 1.59. The van der Waals surface area contributed by atoms with Crippen LogP contribution in [0.4, 0.5) is 0 Å². The predicted molar refractivity (Wildman–Crippen MR) is 96.1 cm³/mol. The molecule has 0 unspecified atom stereocenters. The van der Waals surface area contributed by atoms with Gasteiger partial charge >= 0.3 is 0 Å². The second-order valence-electron chi connectivity index (χ2n) is 5.64. The zero-order valence-electron chi connectivity index (χ0n) is 14.2. The van der Waals surface area contributed by atoms with Crippen molar-refractivity contribution in [2.24, 2.45) is 4.99 Å². The number of carbonyl (C=O) groups excluding carboxylic acids is 1. The highest BCUT2D eigenvalue weighted by Crippen LogP contribution is 2.18. The highest BCUT2D eigenvalue weighted by Gasteiger charge is 2.23. The van der Waals surface area contributed by atoms with Crippen LogP contribution in [0.15, 0.2) is 41.9 Å². The average molecular weight is 330 g/mol. The molecular weight excluding hydrogens is 304 g/mol. The van der Waals surface area contributed by atoms with Crippen LogP contribution < -0.4 is 20.7 Å². The second-order valence-corrected chi connectivity index (χ2v) is 5.64. The molecule has 0 spiro atoms. The van der Waals surface area contributed by atoms with E-state index in [1.165, 1.54) is 0 Å². The van der Waals surface area contributed by atoms with E-state index in [9.17, 15) is 4.79 Å². The number of nitrogens with one attached hydrogen (secondary N) is 3. The van der Waals surface area contributed by atoms with Gasteiger partial charge in [0.25, 0.3) is 5.91 Å². The number of nitrogens with zero attached hydrogens (tertiary/aromatic N) is 1. The molecule has 1 saturated carbocycles. The number of guanidine groups is 1. The summed E-state index contributed by atoms with van der Waals surface area (Å²) in [6.07, 6.45) is 3.94. The Morgan fingerprint density at radius 3 is 2.96 bits per heavy atom. The van der Waals surface area contributed by atoms with Crippen molar-refractivity contribution in [1.82, 2.24) is 16.0 Å². The minimum Gasteiger partial charge on any atom is -0.484 e. The van der Waals surface area contributed by atoms with Crippen LogP contribution in [0, 0.1) is 0 Å². The standard InChI is InChI=1S/C18H26N4O2/c1-3-10-20-18(19-4-2)21-12-14-6-5-7-16(11-14)24-13-17(23)22-15-8-9-15/h3,5-7,11,15H,1,4,8-10,12-13H2,2H3,(H,22,23)(H2,19,20,21). The first-order chi connectivity index (χ1) is 11.7. The Hall–Kier alpha value is -2.50.